The maximum absolute atomic E-state index is 13.4. The predicted octanol–water partition coefficient (Wildman–Crippen LogP) is 6.11. The highest BCUT2D eigenvalue weighted by molar-refractivity contribution is 5.73. The molecule has 0 N–H and O–H groups in total. The molecule has 132 valence electrons. The highest BCUT2D eigenvalue weighted by Crippen LogP contribution is 2.40. The van der Waals surface area contributed by atoms with E-state index in [1.165, 1.54) is 12.1 Å². The molecule has 1 aromatic carbocycles. The van der Waals surface area contributed by atoms with Crippen LogP contribution in [0.2, 0.25) is 0 Å². The Morgan fingerprint density at radius 2 is 2.08 bits per heavy atom. The highest BCUT2D eigenvalue weighted by atomic mass is 19.2. The van der Waals surface area contributed by atoms with Crippen molar-refractivity contribution in [2.24, 2.45) is 10.9 Å². The van der Waals surface area contributed by atoms with Crippen LogP contribution in [0.1, 0.15) is 50.3 Å². The molecule has 2 aromatic rings. The Morgan fingerprint density at radius 3 is 2.76 bits per heavy atom. The molecule has 25 heavy (non-hydrogen) atoms. The van der Waals surface area contributed by atoms with Crippen LogP contribution in [0, 0.1) is 17.6 Å². The highest BCUT2D eigenvalue weighted by Gasteiger charge is 2.28. The smallest absolute Gasteiger partial charge is 0.159 e. The van der Waals surface area contributed by atoms with Crippen LogP contribution < -0.4 is 0 Å². The normalized spacial score (nSPS) is 20.5. The van der Waals surface area contributed by atoms with Crippen LogP contribution in [0.5, 0.6) is 0 Å². The van der Waals surface area contributed by atoms with Crippen LogP contribution in [0.25, 0.3) is 5.57 Å². The Labute approximate surface area is 147 Å². The lowest BCUT2D eigenvalue weighted by atomic mass is 9.97. The van der Waals surface area contributed by atoms with E-state index < -0.39 is 11.6 Å². The summed E-state index contributed by atoms with van der Waals surface area (Å²) >= 11 is 0. The van der Waals surface area contributed by atoms with Gasteiger partial charge in [0, 0.05) is 24.0 Å². The summed E-state index contributed by atoms with van der Waals surface area (Å²) in [7, 11) is 0. The Hall–Kier alpha value is -2.23. The van der Waals surface area contributed by atoms with Crippen molar-refractivity contribution >= 4 is 17.6 Å². The number of allylic oxidation sites excluding steroid dienone is 1. The molecule has 0 saturated heterocycles. The average molecular weight is 342 g/mol. The van der Waals surface area contributed by atoms with Crippen molar-refractivity contribution in [2.45, 2.75) is 45.6 Å². The maximum atomic E-state index is 13.4. The van der Waals surface area contributed by atoms with Crippen LogP contribution in [-0.4, -0.2) is 10.8 Å². The standard InChI is InChI=1S/C21H24F2N2/c1-4-24-21-18(14(2)3)9-10-25(21)17-7-5-15(12-17)11-16-6-8-19(22)20(23)13-16/h4,6,8-10,13,15,17H,2,5,7,11-12H2,1,3H3. The summed E-state index contributed by atoms with van der Waals surface area (Å²) in [5, 5.41) is 0. The predicted molar refractivity (Wildman–Crippen MR) is 99.4 cm³/mol. The summed E-state index contributed by atoms with van der Waals surface area (Å²) in [4.78, 5) is 4.55. The lowest BCUT2D eigenvalue weighted by Gasteiger charge is -2.16. The van der Waals surface area contributed by atoms with Gasteiger partial charge < -0.3 is 4.57 Å². The molecule has 2 atom stereocenters. The van der Waals surface area contributed by atoms with Crippen molar-refractivity contribution in [1.29, 1.82) is 0 Å². The van der Waals surface area contributed by atoms with Gasteiger partial charge in [-0.05, 0) is 74.8 Å². The third-order valence-electron chi connectivity index (χ3n) is 5.01. The van der Waals surface area contributed by atoms with Gasteiger partial charge in [0.05, 0.1) is 0 Å². The summed E-state index contributed by atoms with van der Waals surface area (Å²) in [6, 6.07) is 6.70. The molecule has 0 bridgehead atoms. The van der Waals surface area contributed by atoms with Gasteiger partial charge in [0.2, 0.25) is 0 Å². The quantitative estimate of drug-likeness (QED) is 0.584. The van der Waals surface area contributed by atoms with Gasteiger partial charge in [0.1, 0.15) is 5.82 Å². The fraction of sp³-hybridized carbons (Fsp3) is 0.381. The molecule has 0 amide bonds. The Bertz CT molecular complexity index is 804. The largest absolute Gasteiger partial charge is 0.329 e. The second kappa shape index (κ2) is 7.34. The zero-order chi connectivity index (χ0) is 18.0. The molecule has 1 aromatic heterocycles. The molecule has 1 saturated carbocycles. The van der Waals surface area contributed by atoms with E-state index in [1.54, 1.807) is 6.07 Å². The number of nitrogens with zero attached hydrogens (tertiary/aromatic N) is 2. The minimum absolute atomic E-state index is 0.391. The van der Waals surface area contributed by atoms with Crippen LogP contribution in [0.3, 0.4) is 0 Å². The fourth-order valence-electron chi connectivity index (χ4n) is 3.81. The molecule has 1 fully saturated rings. The van der Waals surface area contributed by atoms with E-state index >= 15 is 0 Å². The third-order valence-corrected chi connectivity index (χ3v) is 5.01. The molecule has 1 heterocycles. The van der Waals surface area contributed by atoms with Crippen molar-refractivity contribution in [3.05, 3.63) is 59.8 Å². The van der Waals surface area contributed by atoms with E-state index in [4.69, 9.17) is 0 Å². The van der Waals surface area contributed by atoms with Crippen LogP contribution in [-0.2, 0) is 6.42 Å². The Balaban J connectivity index is 1.74. The number of hydrogen-bond donors (Lipinski definition) is 0. The molecule has 0 aliphatic heterocycles. The van der Waals surface area contributed by atoms with Gasteiger partial charge in [-0.2, -0.15) is 0 Å². The van der Waals surface area contributed by atoms with Crippen molar-refractivity contribution in [2.75, 3.05) is 0 Å². The summed E-state index contributed by atoms with van der Waals surface area (Å²) in [6.07, 6.45) is 7.87. The number of halogens is 2. The van der Waals surface area contributed by atoms with Crippen molar-refractivity contribution in [3.63, 3.8) is 0 Å². The van der Waals surface area contributed by atoms with Gasteiger partial charge in [-0.1, -0.05) is 12.6 Å². The lowest BCUT2D eigenvalue weighted by molar-refractivity contribution is 0.474. The lowest BCUT2D eigenvalue weighted by Crippen LogP contribution is -2.06. The van der Waals surface area contributed by atoms with E-state index in [0.29, 0.717) is 12.0 Å². The molecule has 3 rings (SSSR count). The summed E-state index contributed by atoms with van der Waals surface area (Å²) < 4.78 is 28.7. The minimum atomic E-state index is -0.783. The first-order valence-corrected chi connectivity index (χ1v) is 8.79. The molecular weight excluding hydrogens is 318 g/mol. The average Bonchev–Trinajstić information content (AvgIpc) is 3.18. The van der Waals surface area contributed by atoms with E-state index in [2.05, 4.69) is 28.4 Å². The first-order valence-electron chi connectivity index (χ1n) is 8.79. The van der Waals surface area contributed by atoms with Gasteiger partial charge in [0.15, 0.2) is 11.6 Å². The number of aliphatic imine (C=N–C) groups is 1. The van der Waals surface area contributed by atoms with Crippen LogP contribution in [0.15, 0.2) is 42.0 Å². The molecule has 4 heteroatoms. The monoisotopic (exact) mass is 342 g/mol. The molecule has 1 aliphatic rings. The Kier molecular flexibility index (Phi) is 5.16. The number of aromatic nitrogens is 1. The van der Waals surface area contributed by atoms with Crippen molar-refractivity contribution < 1.29 is 8.78 Å². The van der Waals surface area contributed by atoms with E-state index in [9.17, 15) is 8.78 Å². The summed E-state index contributed by atoms with van der Waals surface area (Å²) in [5.41, 5.74) is 2.96. The molecule has 0 spiro atoms. The first kappa shape index (κ1) is 17.6. The number of benzene rings is 1. The van der Waals surface area contributed by atoms with Gasteiger partial charge in [-0.15, -0.1) is 0 Å². The minimum Gasteiger partial charge on any atom is -0.329 e. The number of rotatable bonds is 5. The summed E-state index contributed by atoms with van der Waals surface area (Å²) in [6.45, 7) is 7.95. The van der Waals surface area contributed by atoms with E-state index in [-0.39, 0.29) is 0 Å². The second-order valence-electron chi connectivity index (χ2n) is 6.91. The molecule has 1 aliphatic carbocycles. The Morgan fingerprint density at radius 1 is 1.28 bits per heavy atom. The molecule has 2 unspecified atom stereocenters. The topological polar surface area (TPSA) is 17.3 Å². The first-order chi connectivity index (χ1) is 12.0. The maximum Gasteiger partial charge on any atom is 0.159 e. The van der Waals surface area contributed by atoms with Gasteiger partial charge in [-0.3, -0.25) is 0 Å². The van der Waals surface area contributed by atoms with Gasteiger partial charge in [0.25, 0.3) is 0 Å². The SMILES string of the molecule is C=C(C)c1ccn(C2CCC(Cc3ccc(F)c(F)c3)C2)c1N=CC. The van der Waals surface area contributed by atoms with Crippen molar-refractivity contribution in [1.82, 2.24) is 4.57 Å². The van der Waals surface area contributed by atoms with Gasteiger partial charge >= 0.3 is 0 Å². The van der Waals surface area contributed by atoms with Crippen LogP contribution >= 0.6 is 0 Å². The molecular formula is C21H24F2N2. The van der Waals surface area contributed by atoms with E-state index in [0.717, 1.165) is 48.2 Å². The second-order valence-corrected chi connectivity index (χ2v) is 6.91. The third kappa shape index (κ3) is 3.73. The van der Waals surface area contributed by atoms with Crippen LogP contribution in [0.4, 0.5) is 14.6 Å². The summed E-state index contributed by atoms with van der Waals surface area (Å²) in [5.74, 6) is -0.101. The van der Waals surface area contributed by atoms with Crippen molar-refractivity contribution in [3.8, 4) is 0 Å². The van der Waals surface area contributed by atoms with E-state index in [1.807, 2.05) is 20.1 Å². The molecule has 0 radical (unpaired) electrons. The molecule has 2 nitrogen and oxygen atoms in total. The zero-order valence-corrected chi connectivity index (χ0v) is 14.8. The zero-order valence-electron chi connectivity index (χ0n) is 14.8. The fourth-order valence-corrected chi connectivity index (χ4v) is 3.81. The number of hydrogen-bond acceptors (Lipinski definition) is 1. The van der Waals surface area contributed by atoms with Gasteiger partial charge in [-0.25, -0.2) is 13.8 Å².